The minimum Gasteiger partial charge on any atom is -0.496 e. The Hall–Kier alpha value is -1.70. The summed E-state index contributed by atoms with van der Waals surface area (Å²) in [6, 6.07) is 34.3. The van der Waals surface area contributed by atoms with Gasteiger partial charge in [0.2, 0.25) is 0 Å². The Balaban J connectivity index is 1.76. The predicted octanol–water partition coefficient (Wildman–Crippen LogP) is 6.79. The minimum atomic E-state index is -0.620. The number of benzene rings is 4. The van der Waals surface area contributed by atoms with Gasteiger partial charge in [-0.2, -0.15) is 0 Å². The lowest BCUT2D eigenvalue weighted by Crippen LogP contribution is -2.21. The van der Waals surface area contributed by atoms with Crippen LogP contribution in [0.5, 0.6) is 11.5 Å². The zero-order valence-electron chi connectivity index (χ0n) is 19.1. The molecule has 0 aliphatic rings. The molecule has 4 aromatic carbocycles. The predicted molar refractivity (Wildman–Crippen MR) is 156 cm³/mol. The van der Waals surface area contributed by atoms with Gasteiger partial charge in [-0.1, -0.05) is 92.5 Å². The van der Waals surface area contributed by atoms with Crippen LogP contribution in [0.1, 0.15) is 0 Å². The molecule has 174 valence electrons. The minimum absolute atomic E-state index is 0.620. The van der Waals surface area contributed by atoms with Crippen molar-refractivity contribution in [3.05, 3.63) is 106 Å². The summed E-state index contributed by atoms with van der Waals surface area (Å²) in [5.41, 5.74) is 0. The lowest BCUT2D eigenvalue weighted by atomic mass is 10.3. The molecule has 0 heterocycles. The maximum Gasteiger partial charge on any atom is 0.126 e. The maximum atomic E-state index is 5.81. The Labute approximate surface area is 221 Å². The number of halogens is 2. The van der Waals surface area contributed by atoms with Crippen LogP contribution in [-0.2, 0) is 0 Å². The Kier molecular flexibility index (Phi) is 9.20. The van der Waals surface area contributed by atoms with Crippen LogP contribution in [0.2, 0.25) is 0 Å². The van der Waals surface area contributed by atoms with Crippen LogP contribution in [0.3, 0.4) is 0 Å². The van der Waals surface area contributed by atoms with E-state index in [1.165, 1.54) is 21.2 Å². The Morgan fingerprint density at radius 2 is 0.941 bits per heavy atom. The Morgan fingerprint density at radius 3 is 1.29 bits per heavy atom. The molecule has 4 aromatic rings. The first-order chi connectivity index (χ1) is 16.6. The number of rotatable bonds is 9. The molecule has 34 heavy (non-hydrogen) atoms. The van der Waals surface area contributed by atoms with Crippen molar-refractivity contribution in [1.29, 1.82) is 0 Å². The van der Waals surface area contributed by atoms with E-state index in [-0.39, 0.29) is 0 Å². The average molecular weight is 616 g/mol. The highest BCUT2D eigenvalue weighted by Gasteiger charge is 2.24. The second-order valence-corrected chi connectivity index (χ2v) is 14.0. The second-order valence-electron chi connectivity index (χ2n) is 7.61. The molecule has 2 atom stereocenters. The average Bonchev–Trinajstić information content (AvgIpc) is 2.88. The van der Waals surface area contributed by atoms with Crippen molar-refractivity contribution in [2.75, 3.05) is 26.5 Å². The van der Waals surface area contributed by atoms with Gasteiger partial charge in [-0.3, -0.25) is 0 Å². The normalized spacial score (nSPS) is 12.7. The third-order valence-corrected chi connectivity index (χ3v) is 11.9. The van der Waals surface area contributed by atoms with Crippen molar-refractivity contribution >= 4 is 68.9 Å². The molecule has 0 radical (unpaired) electrons. The van der Waals surface area contributed by atoms with Crippen LogP contribution in [0.15, 0.2) is 106 Å². The molecule has 0 aliphatic heterocycles. The standard InChI is InChI=1S/C28H26Br2O2P2/c1-31-25-15-13-21(29)19-27(25)33(23-9-5-3-6-10-23)17-18-34(24-11-7-4-8-12-24)28-20-22(30)14-16-26(28)32-2/h3-16,19-20H,17-18H2,1-2H3. The topological polar surface area (TPSA) is 18.5 Å². The zero-order valence-corrected chi connectivity index (χ0v) is 24.1. The van der Waals surface area contributed by atoms with Gasteiger partial charge in [0.05, 0.1) is 14.2 Å². The largest absolute Gasteiger partial charge is 0.496 e. The van der Waals surface area contributed by atoms with Crippen molar-refractivity contribution in [1.82, 2.24) is 0 Å². The zero-order chi connectivity index (χ0) is 23.9. The van der Waals surface area contributed by atoms with Crippen molar-refractivity contribution in [3.63, 3.8) is 0 Å². The summed E-state index contributed by atoms with van der Waals surface area (Å²) >= 11 is 7.37. The number of hydrogen-bond acceptors (Lipinski definition) is 2. The van der Waals surface area contributed by atoms with E-state index in [1.807, 2.05) is 12.1 Å². The molecule has 6 heteroatoms. The molecule has 0 saturated heterocycles. The molecule has 0 spiro atoms. The molecule has 0 N–H and O–H groups in total. The van der Waals surface area contributed by atoms with Crippen LogP contribution in [0.4, 0.5) is 0 Å². The van der Waals surface area contributed by atoms with Gasteiger partial charge < -0.3 is 9.47 Å². The van der Waals surface area contributed by atoms with Crippen LogP contribution >= 0.6 is 47.7 Å². The first-order valence-corrected chi connectivity index (χ1v) is 15.6. The van der Waals surface area contributed by atoms with E-state index in [0.717, 1.165) is 32.8 Å². The number of ether oxygens (including phenoxy) is 2. The Morgan fingerprint density at radius 1 is 0.559 bits per heavy atom. The summed E-state index contributed by atoms with van der Waals surface area (Å²) in [5, 5.41) is 5.25. The summed E-state index contributed by atoms with van der Waals surface area (Å²) in [6.07, 6.45) is 2.09. The summed E-state index contributed by atoms with van der Waals surface area (Å²) in [4.78, 5) is 0. The summed E-state index contributed by atoms with van der Waals surface area (Å²) < 4.78 is 13.8. The third kappa shape index (κ3) is 6.10. The van der Waals surface area contributed by atoms with E-state index < -0.39 is 15.8 Å². The van der Waals surface area contributed by atoms with E-state index in [2.05, 4.69) is 117 Å². The molecule has 0 aromatic heterocycles. The van der Waals surface area contributed by atoms with E-state index >= 15 is 0 Å². The summed E-state index contributed by atoms with van der Waals surface area (Å²) in [5.74, 6) is 1.89. The van der Waals surface area contributed by atoms with Crippen molar-refractivity contribution < 1.29 is 9.47 Å². The van der Waals surface area contributed by atoms with Gasteiger partial charge in [0, 0.05) is 19.6 Å². The molecule has 0 amide bonds. The highest BCUT2D eigenvalue weighted by atomic mass is 79.9. The summed E-state index contributed by atoms with van der Waals surface area (Å²) in [6.45, 7) is 0. The SMILES string of the molecule is COc1ccc(Br)cc1P(CCP(c1ccccc1)c1cc(Br)ccc1OC)c1ccccc1. The van der Waals surface area contributed by atoms with Crippen molar-refractivity contribution in [2.45, 2.75) is 0 Å². The molecule has 0 fully saturated rings. The van der Waals surface area contributed by atoms with Crippen molar-refractivity contribution in [2.24, 2.45) is 0 Å². The highest BCUT2D eigenvalue weighted by Crippen LogP contribution is 2.45. The number of methoxy groups -OCH3 is 2. The number of hydrogen-bond donors (Lipinski definition) is 0. The molecule has 4 rings (SSSR count). The van der Waals surface area contributed by atoms with Crippen molar-refractivity contribution in [3.8, 4) is 11.5 Å². The first-order valence-electron chi connectivity index (χ1n) is 10.9. The summed E-state index contributed by atoms with van der Waals surface area (Å²) in [7, 11) is 2.28. The maximum absolute atomic E-state index is 5.81. The smallest absolute Gasteiger partial charge is 0.126 e. The monoisotopic (exact) mass is 614 g/mol. The van der Waals surface area contributed by atoms with Gasteiger partial charge in [0.15, 0.2) is 0 Å². The van der Waals surface area contributed by atoms with Gasteiger partial charge in [-0.05, 0) is 75.2 Å². The quantitative estimate of drug-likeness (QED) is 0.193. The molecule has 0 bridgehead atoms. The van der Waals surface area contributed by atoms with Gasteiger partial charge in [0.25, 0.3) is 0 Å². The molecule has 0 saturated carbocycles. The van der Waals surface area contributed by atoms with E-state index in [4.69, 9.17) is 9.47 Å². The van der Waals surface area contributed by atoms with Crippen LogP contribution in [0.25, 0.3) is 0 Å². The van der Waals surface area contributed by atoms with Gasteiger partial charge in [-0.15, -0.1) is 0 Å². The van der Waals surface area contributed by atoms with Crippen LogP contribution in [-0.4, -0.2) is 26.5 Å². The van der Waals surface area contributed by atoms with E-state index in [1.54, 1.807) is 14.2 Å². The lowest BCUT2D eigenvalue weighted by Gasteiger charge is -2.26. The first kappa shape index (κ1) is 25.4. The highest BCUT2D eigenvalue weighted by molar-refractivity contribution is 9.10. The molecule has 2 nitrogen and oxygen atoms in total. The van der Waals surface area contributed by atoms with Crippen LogP contribution in [0, 0.1) is 0 Å². The second kappa shape index (κ2) is 12.3. The lowest BCUT2D eigenvalue weighted by molar-refractivity contribution is 0.418. The van der Waals surface area contributed by atoms with Crippen LogP contribution < -0.4 is 30.7 Å². The van der Waals surface area contributed by atoms with E-state index in [0.29, 0.717) is 0 Å². The fourth-order valence-corrected chi connectivity index (χ4v) is 10.7. The van der Waals surface area contributed by atoms with Gasteiger partial charge in [-0.25, -0.2) is 0 Å². The molecule has 0 aliphatic carbocycles. The Bertz CT molecular complexity index is 1120. The molecular weight excluding hydrogens is 590 g/mol. The third-order valence-electron chi connectivity index (χ3n) is 5.55. The fourth-order valence-electron chi connectivity index (χ4n) is 3.94. The van der Waals surface area contributed by atoms with E-state index in [9.17, 15) is 0 Å². The van der Waals surface area contributed by atoms with Gasteiger partial charge >= 0.3 is 0 Å². The molecule has 2 unspecified atom stereocenters. The molecular formula is C28H26Br2O2P2. The van der Waals surface area contributed by atoms with Gasteiger partial charge in [0.1, 0.15) is 11.5 Å². The fraction of sp³-hybridized carbons (Fsp3) is 0.143.